The highest BCUT2D eigenvalue weighted by Crippen LogP contribution is 2.40. The lowest BCUT2D eigenvalue weighted by Gasteiger charge is -2.49. The zero-order valence-corrected chi connectivity index (χ0v) is 8.18. The highest BCUT2D eigenvalue weighted by molar-refractivity contribution is 5.79. The molecular weight excluding hydrogens is 192 g/mol. The van der Waals surface area contributed by atoms with Gasteiger partial charge in [-0.05, 0) is 5.56 Å². The maximum absolute atomic E-state index is 11.3. The molecule has 0 spiro atoms. The van der Waals surface area contributed by atoms with Crippen LogP contribution >= 0.6 is 0 Å². The van der Waals surface area contributed by atoms with Crippen LogP contribution in [0, 0.1) is 0 Å². The van der Waals surface area contributed by atoms with E-state index >= 15 is 0 Å². The average Bonchev–Trinajstić information content (AvgIpc) is 2.56. The minimum Gasteiger partial charge on any atom is -0.381 e. The fourth-order valence-electron chi connectivity index (χ4n) is 2.41. The van der Waals surface area contributed by atoms with E-state index in [4.69, 9.17) is 0 Å². The summed E-state index contributed by atoms with van der Waals surface area (Å²) in [5.41, 5.74) is 0.0307. The molecular formula is C11H12N2O2. The molecule has 1 aromatic rings. The molecule has 0 saturated carbocycles. The van der Waals surface area contributed by atoms with Gasteiger partial charge in [0.1, 0.15) is 5.60 Å². The molecule has 4 heteroatoms. The summed E-state index contributed by atoms with van der Waals surface area (Å²) in [6, 6.07) is 9.36. The van der Waals surface area contributed by atoms with Crippen molar-refractivity contribution in [3.63, 3.8) is 0 Å². The van der Waals surface area contributed by atoms with Gasteiger partial charge in [0.15, 0.2) is 0 Å². The number of fused-ring (bicyclic) bond motifs is 1. The Balaban J connectivity index is 1.92. The average molecular weight is 204 g/mol. The van der Waals surface area contributed by atoms with Crippen molar-refractivity contribution in [1.82, 2.24) is 10.2 Å². The lowest BCUT2D eigenvalue weighted by atomic mass is 9.79. The first-order chi connectivity index (χ1) is 7.22. The Bertz CT molecular complexity index is 406. The van der Waals surface area contributed by atoms with Crippen molar-refractivity contribution in [2.75, 3.05) is 13.1 Å². The number of hydrogen-bond donors (Lipinski definition) is 2. The van der Waals surface area contributed by atoms with Crippen LogP contribution in [0.4, 0.5) is 4.79 Å². The zero-order chi connectivity index (χ0) is 10.5. The Labute approximate surface area is 87.5 Å². The Morgan fingerprint density at radius 3 is 2.80 bits per heavy atom. The second-order valence-corrected chi connectivity index (χ2v) is 4.12. The molecule has 15 heavy (non-hydrogen) atoms. The maximum Gasteiger partial charge on any atom is 0.318 e. The van der Waals surface area contributed by atoms with Gasteiger partial charge in [-0.1, -0.05) is 30.3 Å². The van der Waals surface area contributed by atoms with Crippen LogP contribution < -0.4 is 5.32 Å². The number of carbonyl (C=O) groups excluding carboxylic acids is 1. The predicted octanol–water partition coefficient (Wildman–Crippen LogP) is 0.282. The van der Waals surface area contributed by atoms with Gasteiger partial charge in [0.2, 0.25) is 0 Å². The first-order valence-electron chi connectivity index (χ1n) is 5.04. The molecule has 2 amide bonds. The monoisotopic (exact) mass is 204 g/mol. The molecule has 2 atom stereocenters. The lowest BCUT2D eigenvalue weighted by Crippen LogP contribution is -2.66. The standard InChI is InChI=1S/C11H12N2O2/c14-10-12-6-9-11(15,7-13(9)10)8-4-2-1-3-5-8/h1-5,9,15H,6-7H2,(H,12,14)/t9-,11+/m0/s1. The predicted molar refractivity (Wildman–Crippen MR) is 54.2 cm³/mol. The van der Waals surface area contributed by atoms with E-state index in [1.807, 2.05) is 30.3 Å². The first-order valence-corrected chi connectivity index (χ1v) is 5.04. The van der Waals surface area contributed by atoms with E-state index < -0.39 is 5.60 Å². The number of rotatable bonds is 1. The topological polar surface area (TPSA) is 52.6 Å². The van der Waals surface area contributed by atoms with Crippen LogP contribution in [-0.4, -0.2) is 35.2 Å². The number of aliphatic hydroxyl groups is 1. The summed E-state index contributed by atoms with van der Waals surface area (Å²) in [6.45, 7) is 0.928. The zero-order valence-electron chi connectivity index (χ0n) is 8.18. The van der Waals surface area contributed by atoms with Gasteiger partial charge in [-0.25, -0.2) is 4.79 Å². The number of carbonyl (C=O) groups is 1. The fraction of sp³-hybridized carbons (Fsp3) is 0.364. The number of urea groups is 1. The second kappa shape index (κ2) is 2.73. The molecule has 3 rings (SSSR count). The van der Waals surface area contributed by atoms with E-state index in [1.54, 1.807) is 4.90 Å². The molecule has 0 unspecified atom stereocenters. The van der Waals surface area contributed by atoms with E-state index in [2.05, 4.69) is 5.32 Å². The number of nitrogens with zero attached hydrogens (tertiary/aromatic N) is 1. The van der Waals surface area contributed by atoms with Gasteiger partial charge in [0.25, 0.3) is 0 Å². The Morgan fingerprint density at radius 2 is 2.13 bits per heavy atom. The van der Waals surface area contributed by atoms with Crippen molar-refractivity contribution in [3.05, 3.63) is 35.9 Å². The summed E-state index contributed by atoms with van der Waals surface area (Å²) in [7, 11) is 0. The van der Waals surface area contributed by atoms with E-state index in [-0.39, 0.29) is 12.1 Å². The SMILES string of the molecule is O=C1NC[C@@H]2N1C[C@@]2(O)c1ccccc1. The van der Waals surface area contributed by atoms with E-state index in [9.17, 15) is 9.90 Å². The van der Waals surface area contributed by atoms with Gasteiger partial charge < -0.3 is 15.3 Å². The third kappa shape index (κ3) is 1.02. The van der Waals surface area contributed by atoms with Crippen LogP contribution in [0.15, 0.2) is 30.3 Å². The number of benzene rings is 1. The van der Waals surface area contributed by atoms with Crippen molar-refractivity contribution < 1.29 is 9.90 Å². The lowest BCUT2D eigenvalue weighted by molar-refractivity contribution is -0.119. The summed E-state index contributed by atoms with van der Waals surface area (Å²) in [6.07, 6.45) is 0. The molecule has 4 nitrogen and oxygen atoms in total. The van der Waals surface area contributed by atoms with Crippen molar-refractivity contribution >= 4 is 6.03 Å². The van der Waals surface area contributed by atoms with E-state index in [0.29, 0.717) is 13.1 Å². The molecule has 78 valence electrons. The first kappa shape index (κ1) is 8.73. The van der Waals surface area contributed by atoms with Crippen molar-refractivity contribution in [2.45, 2.75) is 11.6 Å². The van der Waals surface area contributed by atoms with Gasteiger partial charge >= 0.3 is 6.03 Å². The Hall–Kier alpha value is -1.55. The minimum absolute atomic E-state index is 0.0689. The van der Waals surface area contributed by atoms with Crippen LogP contribution in [0.5, 0.6) is 0 Å². The maximum atomic E-state index is 11.3. The largest absolute Gasteiger partial charge is 0.381 e. The molecule has 0 bridgehead atoms. The highest BCUT2D eigenvalue weighted by Gasteiger charge is 2.57. The van der Waals surface area contributed by atoms with E-state index in [0.717, 1.165) is 5.56 Å². The van der Waals surface area contributed by atoms with Crippen LogP contribution in [0.2, 0.25) is 0 Å². The van der Waals surface area contributed by atoms with Crippen LogP contribution in [0.1, 0.15) is 5.56 Å². The van der Waals surface area contributed by atoms with Gasteiger partial charge in [-0.15, -0.1) is 0 Å². The minimum atomic E-state index is -0.861. The van der Waals surface area contributed by atoms with Gasteiger partial charge in [0.05, 0.1) is 12.6 Å². The molecule has 1 aromatic carbocycles. The molecule has 2 fully saturated rings. The van der Waals surface area contributed by atoms with Crippen LogP contribution in [-0.2, 0) is 5.60 Å². The van der Waals surface area contributed by atoms with E-state index in [1.165, 1.54) is 0 Å². The summed E-state index contributed by atoms with van der Waals surface area (Å²) in [5, 5.41) is 13.2. The fourth-order valence-corrected chi connectivity index (χ4v) is 2.41. The molecule has 2 aliphatic rings. The highest BCUT2D eigenvalue weighted by atomic mass is 16.3. The Kier molecular flexibility index (Phi) is 1.59. The smallest absolute Gasteiger partial charge is 0.318 e. The molecule has 2 N–H and O–H groups in total. The summed E-state index contributed by atoms with van der Waals surface area (Å²) in [5.74, 6) is 0. The number of nitrogens with one attached hydrogen (secondary N) is 1. The third-order valence-corrected chi connectivity index (χ3v) is 3.32. The van der Waals surface area contributed by atoms with Gasteiger partial charge in [-0.3, -0.25) is 0 Å². The van der Waals surface area contributed by atoms with Crippen molar-refractivity contribution in [3.8, 4) is 0 Å². The number of amides is 2. The summed E-state index contributed by atoms with van der Waals surface area (Å²) in [4.78, 5) is 12.9. The number of hydrogen-bond acceptors (Lipinski definition) is 2. The molecule has 2 heterocycles. The molecule has 0 radical (unpaired) electrons. The second-order valence-electron chi connectivity index (χ2n) is 4.12. The molecule has 2 aliphatic heterocycles. The molecule has 2 saturated heterocycles. The third-order valence-electron chi connectivity index (χ3n) is 3.32. The van der Waals surface area contributed by atoms with Gasteiger partial charge in [0, 0.05) is 6.54 Å². The normalized spacial score (nSPS) is 33.3. The summed E-state index contributed by atoms with van der Waals surface area (Å²) < 4.78 is 0. The van der Waals surface area contributed by atoms with Crippen LogP contribution in [0.25, 0.3) is 0 Å². The molecule has 0 aromatic heterocycles. The molecule has 0 aliphatic carbocycles. The quantitative estimate of drug-likeness (QED) is 0.690. The Morgan fingerprint density at radius 1 is 1.40 bits per heavy atom. The van der Waals surface area contributed by atoms with Gasteiger partial charge in [-0.2, -0.15) is 0 Å². The van der Waals surface area contributed by atoms with Crippen LogP contribution in [0.3, 0.4) is 0 Å². The van der Waals surface area contributed by atoms with Crippen molar-refractivity contribution in [1.29, 1.82) is 0 Å². The van der Waals surface area contributed by atoms with Crippen molar-refractivity contribution in [2.24, 2.45) is 0 Å². The summed E-state index contributed by atoms with van der Waals surface area (Å²) >= 11 is 0.